The molecule has 7 nitrogen and oxygen atoms in total. The molecule has 0 saturated heterocycles. The van der Waals surface area contributed by atoms with Crippen molar-refractivity contribution in [3.05, 3.63) is 29.8 Å². The maximum atomic E-state index is 12.2. The number of carbonyl (C=O) groups is 2. The second-order valence-corrected chi connectivity index (χ2v) is 7.68. The maximum absolute atomic E-state index is 12.2. The summed E-state index contributed by atoms with van der Waals surface area (Å²) in [6.45, 7) is 5.58. The van der Waals surface area contributed by atoms with Crippen molar-refractivity contribution < 1.29 is 23.1 Å². The molecule has 0 bridgehead atoms. The van der Waals surface area contributed by atoms with Gasteiger partial charge in [0.25, 0.3) is 5.91 Å². The molecule has 1 aromatic carbocycles. The van der Waals surface area contributed by atoms with E-state index in [-0.39, 0.29) is 16.5 Å². The number of carboxylic acid groups (broad SMARTS) is 1. The van der Waals surface area contributed by atoms with Gasteiger partial charge in [-0.2, -0.15) is 0 Å². The number of benzene rings is 1. The summed E-state index contributed by atoms with van der Waals surface area (Å²) in [7, 11) is -3.64. The topological polar surface area (TPSA) is 113 Å². The first kappa shape index (κ1) is 21.1. The first-order valence-electron chi connectivity index (χ1n) is 8.37. The molecule has 0 aliphatic rings. The lowest BCUT2D eigenvalue weighted by atomic mass is 10.1. The first-order valence-corrected chi connectivity index (χ1v) is 9.85. The van der Waals surface area contributed by atoms with Gasteiger partial charge in [-0.15, -0.1) is 0 Å². The van der Waals surface area contributed by atoms with Crippen LogP contribution in [0, 0.1) is 0 Å². The Morgan fingerprint density at radius 2 is 1.76 bits per heavy atom. The van der Waals surface area contributed by atoms with Crippen LogP contribution in [0.3, 0.4) is 0 Å². The highest BCUT2D eigenvalue weighted by Gasteiger charge is 2.21. The fraction of sp³-hybridized carbons (Fsp3) is 0.529. The Hall–Kier alpha value is -1.93. The molecule has 0 radical (unpaired) electrons. The Morgan fingerprint density at radius 1 is 1.16 bits per heavy atom. The van der Waals surface area contributed by atoms with Gasteiger partial charge >= 0.3 is 5.97 Å². The van der Waals surface area contributed by atoms with Crippen molar-refractivity contribution in [1.82, 2.24) is 10.0 Å². The van der Waals surface area contributed by atoms with Crippen LogP contribution in [0.4, 0.5) is 0 Å². The van der Waals surface area contributed by atoms with Crippen LogP contribution in [0.25, 0.3) is 0 Å². The average molecular weight is 370 g/mol. The minimum atomic E-state index is -3.64. The van der Waals surface area contributed by atoms with Crippen LogP contribution in [-0.4, -0.2) is 37.5 Å². The zero-order chi connectivity index (χ0) is 19.0. The number of nitrogens with one attached hydrogen (secondary N) is 2. The number of carboxylic acids is 1. The molecule has 1 amide bonds. The number of rotatable bonds is 10. The molecule has 0 aromatic heterocycles. The molecule has 140 valence electrons. The molecule has 1 aromatic rings. The van der Waals surface area contributed by atoms with E-state index in [9.17, 15) is 18.0 Å². The molecule has 0 spiro atoms. The van der Waals surface area contributed by atoms with Crippen molar-refractivity contribution in [2.75, 3.05) is 0 Å². The van der Waals surface area contributed by atoms with E-state index >= 15 is 0 Å². The third-order valence-corrected chi connectivity index (χ3v) is 5.45. The standard InChI is InChI=1S/C17H26N2O5S/c1-4-6-7-15(17(21)22)18-16(20)13-8-10-14(11-9-13)25(23,24)19-12(3)5-2/h8-12,15,19H,4-7H2,1-3H3,(H,18,20)(H,21,22). The van der Waals surface area contributed by atoms with Gasteiger partial charge in [0.15, 0.2) is 0 Å². The monoisotopic (exact) mass is 370 g/mol. The molecule has 1 rings (SSSR count). The van der Waals surface area contributed by atoms with Crippen LogP contribution in [0.2, 0.25) is 0 Å². The van der Waals surface area contributed by atoms with E-state index in [0.29, 0.717) is 19.3 Å². The van der Waals surface area contributed by atoms with Gasteiger partial charge in [0.05, 0.1) is 4.90 Å². The molecule has 0 aliphatic heterocycles. The Kier molecular flexibility index (Phi) is 8.05. The third kappa shape index (κ3) is 6.47. The van der Waals surface area contributed by atoms with E-state index in [1.54, 1.807) is 6.92 Å². The lowest BCUT2D eigenvalue weighted by Crippen LogP contribution is -2.40. The number of sulfonamides is 1. The van der Waals surface area contributed by atoms with Gasteiger partial charge in [-0.3, -0.25) is 4.79 Å². The number of amides is 1. The number of unbranched alkanes of at least 4 members (excludes halogenated alkanes) is 1. The van der Waals surface area contributed by atoms with Gasteiger partial charge in [-0.05, 0) is 44.0 Å². The Labute approximate surface area is 148 Å². The summed E-state index contributed by atoms with van der Waals surface area (Å²) in [6.07, 6.45) is 2.53. The van der Waals surface area contributed by atoms with E-state index in [1.165, 1.54) is 24.3 Å². The van der Waals surface area contributed by atoms with E-state index in [0.717, 1.165) is 6.42 Å². The maximum Gasteiger partial charge on any atom is 0.326 e. The van der Waals surface area contributed by atoms with Crippen LogP contribution in [0.1, 0.15) is 56.8 Å². The molecule has 2 atom stereocenters. The van der Waals surface area contributed by atoms with Crippen LogP contribution in [0.5, 0.6) is 0 Å². The van der Waals surface area contributed by atoms with Crippen LogP contribution < -0.4 is 10.0 Å². The lowest BCUT2D eigenvalue weighted by Gasteiger charge is -2.15. The number of hydrogen-bond acceptors (Lipinski definition) is 4. The number of hydrogen-bond donors (Lipinski definition) is 3. The minimum Gasteiger partial charge on any atom is -0.480 e. The Balaban J connectivity index is 2.84. The van der Waals surface area contributed by atoms with E-state index < -0.39 is 27.9 Å². The lowest BCUT2D eigenvalue weighted by molar-refractivity contribution is -0.139. The van der Waals surface area contributed by atoms with Gasteiger partial charge < -0.3 is 10.4 Å². The molecule has 3 N–H and O–H groups in total. The van der Waals surface area contributed by atoms with E-state index in [4.69, 9.17) is 5.11 Å². The minimum absolute atomic E-state index is 0.0603. The summed E-state index contributed by atoms with van der Waals surface area (Å²) >= 11 is 0. The molecular formula is C17H26N2O5S. The molecule has 8 heteroatoms. The normalized spacial score (nSPS) is 13.9. The summed E-state index contributed by atoms with van der Waals surface area (Å²) < 4.78 is 26.9. The van der Waals surface area contributed by atoms with Crippen molar-refractivity contribution >= 4 is 21.9 Å². The summed E-state index contributed by atoms with van der Waals surface area (Å²) in [4.78, 5) is 23.4. The fourth-order valence-electron chi connectivity index (χ4n) is 2.11. The zero-order valence-electron chi connectivity index (χ0n) is 14.8. The van der Waals surface area contributed by atoms with Crippen molar-refractivity contribution in [2.24, 2.45) is 0 Å². The van der Waals surface area contributed by atoms with Gasteiger partial charge in [0.1, 0.15) is 6.04 Å². The van der Waals surface area contributed by atoms with E-state index in [2.05, 4.69) is 10.0 Å². The van der Waals surface area contributed by atoms with Gasteiger partial charge in [0.2, 0.25) is 10.0 Å². The highest BCUT2D eigenvalue weighted by molar-refractivity contribution is 7.89. The van der Waals surface area contributed by atoms with Gasteiger partial charge in [-0.25, -0.2) is 17.9 Å². The number of carbonyl (C=O) groups excluding carboxylic acids is 1. The third-order valence-electron chi connectivity index (χ3n) is 3.85. The van der Waals surface area contributed by atoms with Crippen LogP contribution in [-0.2, 0) is 14.8 Å². The first-order chi connectivity index (χ1) is 11.7. The Bertz CT molecular complexity index is 685. The summed E-state index contributed by atoms with van der Waals surface area (Å²) in [5.74, 6) is -1.62. The van der Waals surface area contributed by atoms with Crippen LogP contribution in [0.15, 0.2) is 29.2 Å². The van der Waals surface area contributed by atoms with E-state index in [1.807, 2.05) is 13.8 Å². The van der Waals surface area contributed by atoms with Crippen LogP contribution >= 0.6 is 0 Å². The van der Waals surface area contributed by atoms with Crippen molar-refractivity contribution in [3.8, 4) is 0 Å². The molecule has 0 fully saturated rings. The number of aliphatic carboxylic acids is 1. The molecular weight excluding hydrogens is 344 g/mol. The predicted molar refractivity (Wildman–Crippen MR) is 94.9 cm³/mol. The second kappa shape index (κ2) is 9.53. The quantitative estimate of drug-likeness (QED) is 0.584. The highest BCUT2D eigenvalue weighted by Crippen LogP contribution is 2.12. The second-order valence-electron chi connectivity index (χ2n) is 5.96. The molecule has 0 heterocycles. The van der Waals surface area contributed by atoms with Gasteiger partial charge in [0, 0.05) is 11.6 Å². The van der Waals surface area contributed by atoms with Crippen molar-refractivity contribution in [3.63, 3.8) is 0 Å². The van der Waals surface area contributed by atoms with Crippen molar-refractivity contribution in [1.29, 1.82) is 0 Å². The smallest absolute Gasteiger partial charge is 0.326 e. The summed E-state index contributed by atoms with van der Waals surface area (Å²) in [6, 6.07) is 4.27. The molecule has 0 aliphatic carbocycles. The van der Waals surface area contributed by atoms with Gasteiger partial charge in [-0.1, -0.05) is 26.7 Å². The summed E-state index contributed by atoms with van der Waals surface area (Å²) in [5, 5.41) is 11.6. The predicted octanol–water partition coefficient (Wildman–Crippen LogP) is 2.14. The molecule has 0 saturated carbocycles. The highest BCUT2D eigenvalue weighted by atomic mass is 32.2. The van der Waals surface area contributed by atoms with Crippen molar-refractivity contribution in [2.45, 2.75) is 63.4 Å². The summed E-state index contributed by atoms with van der Waals surface area (Å²) in [5.41, 5.74) is 0.213. The average Bonchev–Trinajstić information content (AvgIpc) is 2.57. The largest absolute Gasteiger partial charge is 0.480 e. The Morgan fingerprint density at radius 3 is 2.24 bits per heavy atom. The molecule has 25 heavy (non-hydrogen) atoms. The SMILES string of the molecule is CCCCC(NC(=O)c1ccc(S(=O)(=O)NC(C)CC)cc1)C(=O)O. The molecule has 2 unspecified atom stereocenters. The zero-order valence-corrected chi connectivity index (χ0v) is 15.6. The fourth-order valence-corrected chi connectivity index (χ4v) is 3.44.